The van der Waals surface area contributed by atoms with Gasteiger partial charge in [-0.05, 0) is 13.3 Å². The van der Waals surface area contributed by atoms with Gasteiger partial charge in [0.2, 0.25) is 0 Å². The van der Waals surface area contributed by atoms with Gasteiger partial charge in [-0.15, -0.1) is 22.7 Å². The molecule has 9 heteroatoms. The lowest BCUT2D eigenvalue weighted by Gasteiger charge is -2.14. The Morgan fingerprint density at radius 2 is 2.14 bits per heavy atom. The van der Waals surface area contributed by atoms with Gasteiger partial charge in [0, 0.05) is 5.38 Å². The molecule has 21 heavy (non-hydrogen) atoms. The van der Waals surface area contributed by atoms with Crippen LogP contribution in [0.4, 0.5) is 13.2 Å². The molecule has 114 valence electrons. The van der Waals surface area contributed by atoms with Gasteiger partial charge in [0.25, 0.3) is 5.91 Å². The number of nitrogens with zero attached hydrogens (tertiary/aromatic N) is 2. The minimum absolute atomic E-state index is 0.250. The zero-order valence-corrected chi connectivity index (χ0v) is 12.8. The Kier molecular flexibility index (Phi) is 4.62. The van der Waals surface area contributed by atoms with Crippen LogP contribution in [0.1, 0.15) is 45.5 Å². The number of hydrogen-bond acceptors (Lipinski definition) is 5. The van der Waals surface area contributed by atoms with Crippen LogP contribution in [0.2, 0.25) is 0 Å². The van der Waals surface area contributed by atoms with Crippen molar-refractivity contribution in [2.45, 2.75) is 32.5 Å². The SMILES string of the molecule is CC[C@@H](NC(=O)c1scnc1C)c1nc(C(F)(F)F)cs1. The first kappa shape index (κ1) is 15.9. The van der Waals surface area contributed by atoms with Gasteiger partial charge in [0.1, 0.15) is 9.88 Å². The average Bonchev–Trinajstić information content (AvgIpc) is 3.03. The molecule has 0 aliphatic rings. The van der Waals surface area contributed by atoms with E-state index in [9.17, 15) is 18.0 Å². The molecule has 0 fully saturated rings. The zero-order valence-electron chi connectivity index (χ0n) is 11.2. The lowest BCUT2D eigenvalue weighted by molar-refractivity contribution is -0.140. The van der Waals surface area contributed by atoms with Gasteiger partial charge in [0.15, 0.2) is 5.69 Å². The molecule has 0 unspecified atom stereocenters. The van der Waals surface area contributed by atoms with Gasteiger partial charge >= 0.3 is 6.18 Å². The van der Waals surface area contributed by atoms with E-state index in [1.165, 1.54) is 11.3 Å². The molecule has 2 aromatic rings. The molecule has 2 heterocycles. The lowest BCUT2D eigenvalue weighted by atomic mass is 10.2. The van der Waals surface area contributed by atoms with E-state index >= 15 is 0 Å². The van der Waals surface area contributed by atoms with E-state index in [1.807, 2.05) is 0 Å². The van der Waals surface area contributed by atoms with E-state index in [0.717, 1.165) is 16.7 Å². The number of carbonyl (C=O) groups is 1. The first-order valence-electron chi connectivity index (χ1n) is 6.06. The Hall–Kier alpha value is -1.48. The highest BCUT2D eigenvalue weighted by Crippen LogP contribution is 2.32. The number of alkyl halides is 3. The summed E-state index contributed by atoms with van der Waals surface area (Å²) >= 11 is 2.09. The molecular formula is C12H12F3N3OS2. The van der Waals surface area contributed by atoms with Gasteiger partial charge < -0.3 is 5.32 Å². The van der Waals surface area contributed by atoms with Crippen LogP contribution in [-0.2, 0) is 6.18 Å². The third-order valence-electron chi connectivity index (χ3n) is 2.78. The van der Waals surface area contributed by atoms with Crippen molar-refractivity contribution in [1.82, 2.24) is 15.3 Å². The number of carbonyl (C=O) groups excluding carboxylic acids is 1. The van der Waals surface area contributed by atoms with E-state index in [1.54, 1.807) is 19.4 Å². The van der Waals surface area contributed by atoms with E-state index in [-0.39, 0.29) is 10.9 Å². The molecule has 2 rings (SSSR count). The lowest BCUT2D eigenvalue weighted by Crippen LogP contribution is -2.28. The minimum atomic E-state index is -4.47. The van der Waals surface area contributed by atoms with Crippen molar-refractivity contribution < 1.29 is 18.0 Å². The monoisotopic (exact) mass is 335 g/mol. The molecule has 0 radical (unpaired) electrons. The largest absolute Gasteiger partial charge is 0.434 e. The summed E-state index contributed by atoms with van der Waals surface area (Å²) in [4.78, 5) is 20.1. The van der Waals surface area contributed by atoms with Crippen LogP contribution in [0.25, 0.3) is 0 Å². The number of aryl methyl sites for hydroxylation is 1. The smallest absolute Gasteiger partial charge is 0.342 e. The second-order valence-electron chi connectivity index (χ2n) is 4.27. The maximum absolute atomic E-state index is 12.6. The Morgan fingerprint density at radius 1 is 1.43 bits per heavy atom. The predicted octanol–water partition coefficient (Wildman–Crippen LogP) is 3.81. The number of rotatable bonds is 4. The van der Waals surface area contributed by atoms with Gasteiger partial charge in [-0.1, -0.05) is 6.92 Å². The van der Waals surface area contributed by atoms with Crippen molar-refractivity contribution in [2.24, 2.45) is 0 Å². The van der Waals surface area contributed by atoms with E-state index in [4.69, 9.17) is 0 Å². The quantitative estimate of drug-likeness (QED) is 0.924. The number of nitrogens with one attached hydrogen (secondary N) is 1. The minimum Gasteiger partial charge on any atom is -0.342 e. The fourth-order valence-corrected chi connectivity index (χ4v) is 3.32. The topological polar surface area (TPSA) is 54.9 Å². The molecule has 0 saturated carbocycles. The summed E-state index contributed by atoms with van der Waals surface area (Å²) in [5, 5.41) is 3.91. The van der Waals surface area contributed by atoms with E-state index in [0.29, 0.717) is 17.0 Å². The van der Waals surface area contributed by atoms with Crippen LogP contribution < -0.4 is 5.32 Å². The number of aromatic nitrogens is 2. The maximum atomic E-state index is 12.6. The first-order chi connectivity index (χ1) is 9.82. The predicted molar refractivity (Wildman–Crippen MR) is 74.5 cm³/mol. The van der Waals surface area contributed by atoms with Crippen LogP contribution in [0.15, 0.2) is 10.9 Å². The van der Waals surface area contributed by atoms with Gasteiger partial charge in [-0.3, -0.25) is 4.79 Å². The average molecular weight is 335 g/mol. The van der Waals surface area contributed by atoms with Gasteiger partial charge in [-0.2, -0.15) is 13.2 Å². The standard InChI is InChI=1S/C12H12F3N3OS2/c1-3-7(11-18-8(4-20-11)12(13,14)15)17-10(19)9-6(2)16-5-21-9/h4-5,7H,3H2,1-2H3,(H,17,19)/t7-/m1/s1. The van der Waals surface area contributed by atoms with E-state index in [2.05, 4.69) is 15.3 Å². The molecule has 1 atom stereocenters. The summed E-state index contributed by atoms with van der Waals surface area (Å²) in [6.45, 7) is 3.48. The molecule has 0 saturated heterocycles. The Balaban J connectivity index is 2.15. The van der Waals surface area contributed by atoms with Crippen molar-refractivity contribution in [3.63, 3.8) is 0 Å². The van der Waals surface area contributed by atoms with Crippen LogP contribution in [0.3, 0.4) is 0 Å². The summed E-state index contributed by atoms with van der Waals surface area (Å²) in [6.07, 6.45) is -4.01. The van der Waals surface area contributed by atoms with Crippen LogP contribution in [0.5, 0.6) is 0 Å². The van der Waals surface area contributed by atoms with Crippen molar-refractivity contribution >= 4 is 28.6 Å². The van der Waals surface area contributed by atoms with Crippen LogP contribution in [-0.4, -0.2) is 15.9 Å². The Morgan fingerprint density at radius 3 is 2.62 bits per heavy atom. The van der Waals surface area contributed by atoms with Crippen molar-refractivity contribution in [3.8, 4) is 0 Å². The zero-order chi connectivity index (χ0) is 15.6. The molecule has 0 spiro atoms. The maximum Gasteiger partial charge on any atom is 0.434 e. The molecule has 0 aliphatic heterocycles. The summed E-state index contributed by atoms with van der Waals surface area (Å²) < 4.78 is 37.7. The Labute approximate surface area is 127 Å². The number of amides is 1. The summed E-state index contributed by atoms with van der Waals surface area (Å²) in [7, 11) is 0. The summed E-state index contributed by atoms with van der Waals surface area (Å²) in [5.74, 6) is -0.342. The highest BCUT2D eigenvalue weighted by molar-refractivity contribution is 7.12. The van der Waals surface area contributed by atoms with Crippen LogP contribution >= 0.6 is 22.7 Å². The van der Waals surface area contributed by atoms with Crippen LogP contribution in [0, 0.1) is 6.92 Å². The summed E-state index contributed by atoms with van der Waals surface area (Å²) in [5.41, 5.74) is 1.22. The molecule has 2 aromatic heterocycles. The molecule has 4 nitrogen and oxygen atoms in total. The van der Waals surface area contributed by atoms with Crippen molar-refractivity contribution in [2.75, 3.05) is 0 Å². The summed E-state index contributed by atoms with van der Waals surface area (Å²) in [6, 6.07) is -0.542. The molecule has 1 amide bonds. The number of hydrogen-bond donors (Lipinski definition) is 1. The fraction of sp³-hybridized carbons (Fsp3) is 0.417. The first-order valence-corrected chi connectivity index (χ1v) is 7.82. The third kappa shape index (κ3) is 3.59. The second kappa shape index (κ2) is 6.10. The highest BCUT2D eigenvalue weighted by atomic mass is 32.1. The molecule has 0 aromatic carbocycles. The third-order valence-corrected chi connectivity index (χ3v) is 4.66. The van der Waals surface area contributed by atoms with Crippen molar-refractivity contribution in [1.29, 1.82) is 0 Å². The molecule has 0 bridgehead atoms. The highest BCUT2D eigenvalue weighted by Gasteiger charge is 2.34. The molecule has 0 aliphatic carbocycles. The Bertz CT molecular complexity index is 636. The number of halogens is 3. The normalized spacial score (nSPS) is 13.2. The molecular weight excluding hydrogens is 323 g/mol. The van der Waals surface area contributed by atoms with Gasteiger partial charge in [-0.25, -0.2) is 9.97 Å². The van der Waals surface area contributed by atoms with Crippen molar-refractivity contribution in [3.05, 3.63) is 32.2 Å². The molecule has 1 N–H and O–H groups in total. The second-order valence-corrected chi connectivity index (χ2v) is 6.01. The van der Waals surface area contributed by atoms with E-state index < -0.39 is 17.9 Å². The fourth-order valence-electron chi connectivity index (χ4n) is 1.66. The number of thiazole rings is 2. The van der Waals surface area contributed by atoms with Gasteiger partial charge in [0.05, 0.1) is 17.2 Å².